The van der Waals surface area contributed by atoms with Gasteiger partial charge in [-0.15, -0.1) is 0 Å². The van der Waals surface area contributed by atoms with Crippen LogP contribution < -0.4 is 10.2 Å². The zero-order valence-electron chi connectivity index (χ0n) is 14.6. The molecule has 5 nitrogen and oxygen atoms in total. The SMILES string of the molecule is CC(C)N1CCCC(CNC(=O)CN2C(=O)Cc3ccccc32)C1. The van der Waals surface area contributed by atoms with E-state index in [-0.39, 0.29) is 18.4 Å². The lowest BCUT2D eigenvalue weighted by Crippen LogP contribution is -2.45. The third-order valence-corrected chi connectivity index (χ3v) is 5.10. The van der Waals surface area contributed by atoms with Crippen LogP contribution in [0.1, 0.15) is 32.3 Å². The monoisotopic (exact) mass is 329 g/mol. The first-order valence-corrected chi connectivity index (χ1v) is 8.93. The van der Waals surface area contributed by atoms with E-state index in [4.69, 9.17) is 0 Å². The number of nitrogens with zero attached hydrogens (tertiary/aromatic N) is 2. The molecule has 1 aromatic rings. The molecule has 1 fully saturated rings. The number of carbonyl (C=O) groups is 2. The maximum atomic E-state index is 12.3. The van der Waals surface area contributed by atoms with E-state index in [1.54, 1.807) is 4.90 Å². The van der Waals surface area contributed by atoms with E-state index in [1.165, 1.54) is 6.42 Å². The minimum atomic E-state index is -0.0678. The van der Waals surface area contributed by atoms with E-state index in [2.05, 4.69) is 24.1 Å². The largest absolute Gasteiger partial charge is 0.354 e. The molecule has 0 saturated carbocycles. The van der Waals surface area contributed by atoms with Gasteiger partial charge >= 0.3 is 0 Å². The molecule has 1 atom stereocenters. The van der Waals surface area contributed by atoms with Crippen LogP contribution in [0.3, 0.4) is 0 Å². The number of para-hydroxylation sites is 1. The minimum Gasteiger partial charge on any atom is -0.354 e. The molecule has 1 unspecified atom stereocenters. The highest BCUT2D eigenvalue weighted by atomic mass is 16.2. The van der Waals surface area contributed by atoms with E-state index < -0.39 is 0 Å². The second kappa shape index (κ2) is 7.34. The third-order valence-electron chi connectivity index (χ3n) is 5.10. The number of fused-ring (bicyclic) bond motifs is 1. The standard InChI is InChI=1S/C19H27N3O2/c1-14(2)21-9-5-6-15(12-21)11-20-18(23)13-22-17-8-4-3-7-16(17)10-19(22)24/h3-4,7-8,14-15H,5-6,9-13H2,1-2H3,(H,20,23). The van der Waals surface area contributed by atoms with Crippen LogP contribution in [0.25, 0.3) is 0 Å². The summed E-state index contributed by atoms with van der Waals surface area (Å²) in [6.07, 6.45) is 2.75. The Balaban J connectivity index is 1.50. The number of nitrogens with one attached hydrogen (secondary N) is 1. The summed E-state index contributed by atoms with van der Waals surface area (Å²) >= 11 is 0. The van der Waals surface area contributed by atoms with Gasteiger partial charge in [0.15, 0.2) is 0 Å². The van der Waals surface area contributed by atoms with Crippen LogP contribution in [0.5, 0.6) is 0 Å². The van der Waals surface area contributed by atoms with Gasteiger partial charge in [0, 0.05) is 24.8 Å². The van der Waals surface area contributed by atoms with Gasteiger partial charge in [-0.25, -0.2) is 0 Å². The lowest BCUT2D eigenvalue weighted by atomic mass is 9.97. The molecular formula is C19H27N3O2. The zero-order chi connectivity index (χ0) is 17.1. The van der Waals surface area contributed by atoms with Crippen molar-refractivity contribution in [2.75, 3.05) is 31.1 Å². The summed E-state index contributed by atoms with van der Waals surface area (Å²) in [4.78, 5) is 28.5. The summed E-state index contributed by atoms with van der Waals surface area (Å²) in [7, 11) is 0. The Morgan fingerprint density at radius 1 is 1.33 bits per heavy atom. The smallest absolute Gasteiger partial charge is 0.240 e. The highest BCUT2D eigenvalue weighted by Gasteiger charge is 2.28. The van der Waals surface area contributed by atoms with Crippen molar-refractivity contribution in [2.45, 2.75) is 39.2 Å². The van der Waals surface area contributed by atoms with Crippen LogP contribution in [-0.4, -0.2) is 48.9 Å². The molecule has 0 aliphatic carbocycles. The Kier molecular flexibility index (Phi) is 5.19. The second-order valence-electron chi connectivity index (χ2n) is 7.19. The summed E-state index contributed by atoms with van der Waals surface area (Å²) in [5.74, 6) is 0.448. The van der Waals surface area contributed by atoms with Gasteiger partial charge in [0.2, 0.25) is 11.8 Å². The first-order valence-electron chi connectivity index (χ1n) is 8.93. The summed E-state index contributed by atoms with van der Waals surface area (Å²) in [6.45, 7) is 7.46. The molecule has 3 rings (SSSR count). The van der Waals surface area contributed by atoms with Crippen LogP contribution in [-0.2, 0) is 16.0 Å². The normalized spacial score (nSPS) is 21.2. The maximum Gasteiger partial charge on any atom is 0.240 e. The van der Waals surface area contributed by atoms with Gasteiger partial charge in [0.25, 0.3) is 0 Å². The van der Waals surface area contributed by atoms with Gasteiger partial charge < -0.3 is 15.1 Å². The fourth-order valence-corrected chi connectivity index (χ4v) is 3.68. The number of anilines is 1. The van der Waals surface area contributed by atoms with Crippen molar-refractivity contribution in [3.8, 4) is 0 Å². The molecule has 5 heteroatoms. The third kappa shape index (κ3) is 3.78. The Labute approximate surface area is 144 Å². The molecular weight excluding hydrogens is 302 g/mol. The van der Waals surface area contributed by atoms with E-state index in [9.17, 15) is 9.59 Å². The van der Waals surface area contributed by atoms with Crippen molar-refractivity contribution in [3.05, 3.63) is 29.8 Å². The Bertz CT molecular complexity index is 614. The number of carbonyl (C=O) groups excluding carboxylic acids is 2. The van der Waals surface area contributed by atoms with Crippen LogP contribution in [0.15, 0.2) is 24.3 Å². The number of piperidine rings is 1. The van der Waals surface area contributed by atoms with E-state index in [0.717, 1.165) is 30.8 Å². The Morgan fingerprint density at radius 2 is 2.12 bits per heavy atom. The van der Waals surface area contributed by atoms with Gasteiger partial charge in [-0.3, -0.25) is 9.59 Å². The lowest BCUT2D eigenvalue weighted by Gasteiger charge is -2.35. The van der Waals surface area contributed by atoms with Crippen molar-refractivity contribution in [1.82, 2.24) is 10.2 Å². The molecule has 0 aromatic heterocycles. The van der Waals surface area contributed by atoms with Gasteiger partial charge in [-0.2, -0.15) is 0 Å². The fourth-order valence-electron chi connectivity index (χ4n) is 3.68. The van der Waals surface area contributed by atoms with Crippen LogP contribution in [0.4, 0.5) is 5.69 Å². The Hall–Kier alpha value is -1.88. The number of benzene rings is 1. The van der Waals surface area contributed by atoms with Crippen LogP contribution >= 0.6 is 0 Å². The van der Waals surface area contributed by atoms with E-state index in [0.29, 0.717) is 24.9 Å². The molecule has 2 heterocycles. The first kappa shape index (κ1) is 17.0. The molecule has 1 saturated heterocycles. The maximum absolute atomic E-state index is 12.3. The molecule has 130 valence electrons. The lowest BCUT2D eigenvalue weighted by molar-refractivity contribution is -0.123. The number of rotatable bonds is 5. The molecule has 0 spiro atoms. The summed E-state index contributed by atoms with van der Waals surface area (Å²) < 4.78 is 0. The topological polar surface area (TPSA) is 52.7 Å². The molecule has 0 radical (unpaired) electrons. The number of likely N-dealkylation sites (tertiary alicyclic amines) is 1. The molecule has 1 aromatic carbocycles. The highest BCUT2D eigenvalue weighted by Crippen LogP contribution is 2.27. The predicted octanol–water partition coefficient (Wildman–Crippen LogP) is 1.81. The number of hydrogen-bond acceptors (Lipinski definition) is 3. The average molecular weight is 329 g/mol. The minimum absolute atomic E-state index is 0.00926. The van der Waals surface area contributed by atoms with Crippen molar-refractivity contribution in [3.63, 3.8) is 0 Å². The molecule has 2 aliphatic heterocycles. The van der Waals surface area contributed by atoms with Gasteiger partial charge in [0.05, 0.1) is 6.42 Å². The molecule has 2 aliphatic rings. The molecule has 0 bridgehead atoms. The van der Waals surface area contributed by atoms with Crippen molar-refractivity contribution in [1.29, 1.82) is 0 Å². The second-order valence-corrected chi connectivity index (χ2v) is 7.19. The summed E-state index contributed by atoms with van der Waals surface area (Å²) in [5, 5.41) is 3.03. The number of amides is 2. The summed E-state index contributed by atoms with van der Waals surface area (Å²) in [5.41, 5.74) is 1.89. The van der Waals surface area contributed by atoms with Crippen LogP contribution in [0, 0.1) is 5.92 Å². The average Bonchev–Trinajstić information content (AvgIpc) is 2.89. The molecule has 24 heavy (non-hydrogen) atoms. The van der Waals surface area contributed by atoms with Gasteiger partial charge in [-0.05, 0) is 50.8 Å². The van der Waals surface area contributed by atoms with Gasteiger partial charge in [-0.1, -0.05) is 18.2 Å². The zero-order valence-corrected chi connectivity index (χ0v) is 14.6. The molecule has 2 amide bonds. The van der Waals surface area contributed by atoms with E-state index in [1.807, 2.05) is 24.3 Å². The molecule has 1 N–H and O–H groups in total. The predicted molar refractivity (Wildman–Crippen MR) is 94.9 cm³/mol. The van der Waals surface area contributed by atoms with Crippen molar-refractivity contribution in [2.24, 2.45) is 5.92 Å². The Morgan fingerprint density at radius 3 is 2.92 bits per heavy atom. The van der Waals surface area contributed by atoms with Crippen molar-refractivity contribution < 1.29 is 9.59 Å². The first-order chi connectivity index (χ1) is 11.5. The number of hydrogen-bond donors (Lipinski definition) is 1. The van der Waals surface area contributed by atoms with E-state index >= 15 is 0 Å². The fraction of sp³-hybridized carbons (Fsp3) is 0.579. The summed E-state index contributed by atoms with van der Waals surface area (Å²) in [6, 6.07) is 8.26. The van der Waals surface area contributed by atoms with Gasteiger partial charge in [0.1, 0.15) is 6.54 Å². The van der Waals surface area contributed by atoms with Crippen LogP contribution in [0.2, 0.25) is 0 Å². The van der Waals surface area contributed by atoms with Crippen molar-refractivity contribution >= 4 is 17.5 Å². The highest BCUT2D eigenvalue weighted by molar-refractivity contribution is 6.04. The quantitative estimate of drug-likeness (QED) is 0.896.